The number of hydrogen-bond acceptors (Lipinski definition) is 3. The Bertz CT molecular complexity index is 453. The van der Waals surface area contributed by atoms with Crippen LogP contribution < -0.4 is 10.2 Å². The molecule has 1 aromatic carbocycles. The van der Waals surface area contributed by atoms with Crippen molar-refractivity contribution in [1.29, 1.82) is 0 Å². The Labute approximate surface area is 121 Å². The second kappa shape index (κ2) is 6.75. The smallest absolute Gasteiger partial charge is 0.219 e. The number of benzene rings is 1. The summed E-state index contributed by atoms with van der Waals surface area (Å²) in [5, 5.41) is 3.48. The van der Waals surface area contributed by atoms with Gasteiger partial charge in [0.2, 0.25) is 5.91 Å². The van der Waals surface area contributed by atoms with Crippen LogP contribution in [0.4, 0.5) is 5.69 Å². The Morgan fingerprint density at radius 3 is 2.50 bits per heavy atom. The zero-order chi connectivity index (χ0) is 14.5. The molecule has 4 nitrogen and oxygen atoms in total. The molecule has 1 atom stereocenters. The molecule has 1 saturated heterocycles. The van der Waals surface area contributed by atoms with Gasteiger partial charge in [-0.25, -0.2) is 0 Å². The number of carbonyl (C=O) groups excluding carboxylic acids is 1. The molecule has 1 N–H and O–H groups in total. The van der Waals surface area contributed by atoms with Crippen LogP contribution in [0.25, 0.3) is 0 Å². The Hall–Kier alpha value is -1.55. The highest BCUT2D eigenvalue weighted by Crippen LogP contribution is 2.27. The average molecular weight is 275 g/mol. The van der Waals surface area contributed by atoms with Gasteiger partial charge in [-0.2, -0.15) is 0 Å². The molecule has 20 heavy (non-hydrogen) atoms. The highest BCUT2D eigenvalue weighted by Gasteiger charge is 2.21. The molecule has 1 unspecified atom stereocenters. The van der Waals surface area contributed by atoms with Gasteiger partial charge < -0.3 is 15.1 Å². The van der Waals surface area contributed by atoms with Gasteiger partial charge in [0.05, 0.1) is 0 Å². The van der Waals surface area contributed by atoms with Gasteiger partial charge >= 0.3 is 0 Å². The normalized spacial score (nSPS) is 17.1. The topological polar surface area (TPSA) is 35.6 Å². The van der Waals surface area contributed by atoms with Crippen LogP contribution in [0.1, 0.15) is 32.4 Å². The molecule has 1 fully saturated rings. The first-order chi connectivity index (χ1) is 9.63. The lowest BCUT2D eigenvalue weighted by atomic mass is 10.0. The van der Waals surface area contributed by atoms with Gasteiger partial charge in [0, 0.05) is 44.8 Å². The van der Waals surface area contributed by atoms with Gasteiger partial charge in [-0.15, -0.1) is 0 Å². The van der Waals surface area contributed by atoms with Crippen molar-refractivity contribution >= 4 is 11.6 Å². The Morgan fingerprint density at radius 2 is 1.90 bits per heavy atom. The number of piperazine rings is 1. The van der Waals surface area contributed by atoms with E-state index in [4.69, 9.17) is 0 Å². The van der Waals surface area contributed by atoms with Crippen LogP contribution >= 0.6 is 0 Å². The van der Waals surface area contributed by atoms with Crippen molar-refractivity contribution in [2.45, 2.75) is 26.8 Å². The van der Waals surface area contributed by atoms with Gasteiger partial charge in [-0.1, -0.05) is 25.1 Å². The molecule has 1 amide bonds. The fraction of sp³-hybridized carbons (Fsp3) is 0.562. The number of rotatable bonds is 4. The highest BCUT2D eigenvalue weighted by atomic mass is 16.2. The van der Waals surface area contributed by atoms with Crippen molar-refractivity contribution in [2.75, 3.05) is 37.6 Å². The summed E-state index contributed by atoms with van der Waals surface area (Å²) >= 11 is 0. The summed E-state index contributed by atoms with van der Waals surface area (Å²) in [5.74, 6) is 0.180. The third-order valence-electron chi connectivity index (χ3n) is 3.98. The molecular formula is C16H25N3O. The summed E-state index contributed by atoms with van der Waals surface area (Å²) in [6.07, 6.45) is 0. The average Bonchev–Trinajstić information content (AvgIpc) is 2.47. The summed E-state index contributed by atoms with van der Waals surface area (Å²) in [6, 6.07) is 8.92. The minimum Gasteiger partial charge on any atom is -0.368 e. The van der Waals surface area contributed by atoms with Gasteiger partial charge in [-0.3, -0.25) is 4.79 Å². The Morgan fingerprint density at radius 1 is 1.25 bits per heavy atom. The van der Waals surface area contributed by atoms with E-state index in [1.54, 1.807) is 6.92 Å². The largest absolute Gasteiger partial charge is 0.368 e. The summed E-state index contributed by atoms with van der Waals surface area (Å²) in [7, 11) is 0. The summed E-state index contributed by atoms with van der Waals surface area (Å²) in [4.78, 5) is 15.7. The molecule has 1 heterocycles. The third-order valence-corrected chi connectivity index (χ3v) is 3.98. The number of para-hydroxylation sites is 1. The van der Waals surface area contributed by atoms with Gasteiger partial charge in [-0.05, 0) is 25.1 Å². The molecule has 2 rings (SSSR count). The first kappa shape index (κ1) is 14.9. The molecule has 110 valence electrons. The van der Waals surface area contributed by atoms with Crippen molar-refractivity contribution in [3.05, 3.63) is 29.8 Å². The molecule has 4 heteroatoms. The maximum atomic E-state index is 11.4. The van der Waals surface area contributed by atoms with Crippen molar-refractivity contribution in [3.8, 4) is 0 Å². The zero-order valence-electron chi connectivity index (χ0n) is 12.7. The van der Waals surface area contributed by atoms with Gasteiger partial charge in [0.25, 0.3) is 0 Å². The number of hydrogen-bond donors (Lipinski definition) is 1. The van der Waals surface area contributed by atoms with Crippen molar-refractivity contribution in [1.82, 2.24) is 10.2 Å². The lowest BCUT2D eigenvalue weighted by molar-refractivity contribution is -0.129. The van der Waals surface area contributed by atoms with E-state index in [1.165, 1.54) is 11.3 Å². The first-order valence-corrected chi connectivity index (χ1v) is 7.46. The number of nitrogens with one attached hydrogen (secondary N) is 1. The van der Waals surface area contributed by atoms with Crippen LogP contribution in [-0.4, -0.2) is 43.5 Å². The van der Waals surface area contributed by atoms with Crippen LogP contribution in [0.2, 0.25) is 0 Å². The van der Waals surface area contributed by atoms with E-state index in [9.17, 15) is 4.79 Å². The fourth-order valence-electron chi connectivity index (χ4n) is 2.82. The van der Waals surface area contributed by atoms with Crippen LogP contribution in [0.15, 0.2) is 24.3 Å². The molecule has 0 saturated carbocycles. The Kier molecular flexibility index (Phi) is 5.01. The number of carbonyl (C=O) groups is 1. The highest BCUT2D eigenvalue weighted by molar-refractivity contribution is 5.73. The van der Waals surface area contributed by atoms with E-state index in [0.29, 0.717) is 6.04 Å². The SMILES string of the molecule is CCNC(C)c1ccccc1N1CCN(C(C)=O)CC1. The van der Waals surface area contributed by atoms with E-state index in [-0.39, 0.29) is 5.91 Å². The molecule has 0 aromatic heterocycles. The Balaban J connectivity index is 2.11. The molecule has 1 aromatic rings. The quantitative estimate of drug-likeness (QED) is 0.913. The van der Waals surface area contributed by atoms with E-state index >= 15 is 0 Å². The summed E-state index contributed by atoms with van der Waals surface area (Å²) < 4.78 is 0. The van der Waals surface area contributed by atoms with E-state index in [2.05, 4.69) is 48.3 Å². The molecular weight excluding hydrogens is 250 g/mol. The molecule has 0 bridgehead atoms. The van der Waals surface area contributed by atoms with Gasteiger partial charge in [0.15, 0.2) is 0 Å². The first-order valence-electron chi connectivity index (χ1n) is 7.46. The molecule has 1 aliphatic heterocycles. The monoisotopic (exact) mass is 275 g/mol. The van der Waals surface area contributed by atoms with Crippen LogP contribution in [0.5, 0.6) is 0 Å². The minimum atomic E-state index is 0.180. The zero-order valence-corrected chi connectivity index (χ0v) is 12.7. The van der Waals surface area contributed by atoms with Crippen LogP contribution in [0, 0.1) is 0 Å². The maximum absolute atomic E-state index is 11.4. The lowest BCUT2D eigenvalue weighted by Gasteiger charge is -2.37. The lowest BCUT2D eigenvalue weighted by Crippen LogP contribution is -2.48. The standard InChI is InChI=1S/C16H25N3O/c1-4-17-13(2)15-7-5-6-8-16(15)19-11-9-18(10-12-19)14(3)20/h5-8,13,17H,4,9-12H2,1-3H3. The summed E-state index contributed by atoms with van der Waals surface area (Å²) in [6.45, 7) is 10.4. The number of amides is 1. The van der Waals surface area contributed by atoms with Crippen LogP contribution in [0.3, 0.4) is 0 Å². The van der Waals surface area contributed by atoms with Crippen molar-refractivity contribution < 1.29 is 4.79 Å². The predicted octanol–water partition coefficient (Wildman–Crippen LogP) is 2.03. The van der Waals surface area contributed by atoms with E-state index in [1.807, 2.05) is 4.90 Å². The van der Waals surface area contributed by atoms with Gasteiger partial charge in [0.1, 0.15) is 0 Å². The van der Waals surface area contributed by atoms with E-state index < -0.39 is 0 Å². The molecule has 0 radical (unpaired) electrons. The number of anilines is 1. The maximum Gasteiger partial charge on any atom is 0.219 e. The second-order valence-corrected chi connectivity index (χ2v) is 5.33. The van der Waals surface area contributed by atoms with Crippen molar-refractivity contribution in [2.24, 2.45) is 0 Å². The number of nitrogens with zero attached hydrogens (tertiary/aromatic N) is 2. The molecule has 0 spiro atoms. The third kappa shape index (κ3) is 3.31. The van der Waals surface area contributed by atoms with Crippen molar-refractivity contribution in [3.63, 3.8) is 0 Å². The second-order valence-electron chi connectivity index (χ2n) is 5.33. The minimum absolute atomic E-state index is 0.180. The predicted molar refractivity (Wildman–Crippen MR) is 83.0 cm³/mol. The summed E-state index contributed by atoms with van der Waals surface area (Å²) in [5.41, 5.74) is 2.63. The fourth-order valence-corrected chi connectivity index (χ4v) is 2.82. The van der Waals surface area contributed by atoms with Crippen LogP contribution in [-0.2, 0) is 4.79 Å². The van der Waals surface area contributed by atoms with E-state index in [0.717, 1.165) is 32.7 Å². The molecule has 1 aliphatic rings. The molecule has 0 aliphatic carbocycles.